The molecule has 0 saturated heterocycles. The second kappa shape index (κ2) is 5.28. The van der Waals surface area contributed by atoms with Crippen molar-refractivity contribution < 1.29 is 4.42 Å². The van der Waals surface area contributed by atoms with E-state index in [9.17, 15) is 0 Å². The van der Waals surface area contributed by atoms with Crippen LogP contribution in [0.1, 0.15) is 27.8 Å². The molecule has 3 heteroatoms. The van der Waals surface area contributed by atoms with Crippen LogP contribution in [0, 0.1) is 13.8 Å². The minimum Gasteiger partial charge on any atom is -0.453 e. The van der Waals surface area contributed by atoms with Crippen LogP contribution in [0.15, 0.2) is 39.4 Å². The van der Waals surface area contributed by atoms with Crippen molar-refractivity contribution in [2.45, 2.75) is 25.6 Å². The van der Waals surface area contributed by atoms with Crippen LogP contribution in [0.2, 0.25) is 0 Å². The highest BCUT2D eigenvalue weighted by atomic mass is 79.9. The highest BCUT2D eigenvalue weighted by molar-refractivity contribution is 9.10. The molecule has 17 heavy (non-hydrogen) atoms. The highest BCUT2D eigenvalue weighted by Gasteiger charge is 2.14. The van der Waals surface area contributed by atoms with Crippen LogP contribution < -0.4 is 0 Å². The summed E-state index contributed by atoms with van der Waals surface area (Å²) in [5, 5.41) is -0.123. The van der Waals surface area contributed by atoms with E-state index >= 15 is 0 Å². The Bertz CT molecular complexity index is 519. The average molecular weight is 314 g/mol. The summed E-state index contributed by atoms with van der Waals surface area (Å²) in [6, 6.07) is 10.2. The van der Waals surface area contributed by atoms with E-state index in [1.165, 1.54) is 16.7 Å². The third-order valence-corrected chi connectivity index (χ3v) is 3.60. The Kier molecular flexibility index (Phi) is 3.95. The smallest absolute Gasteiger partial charge is 0.169 e. The SMILES string of the molecule is Cc1ccc(C)c(CC(Cl)c2ccc(Br)o2)c1. The number of halogens is 2. The topological polar surface area (TPSA) is 13.1 Å². The molecule has 2 rings (SSSR count). The van der Waals surface area contributed by atoms with Gasteiger partial charge in [-0.05, 0) is 59.5 Å². The van der Waals surface area contributed by atoms with Gasteiger partial charge in [-0.3, -0.25) is 0 Å². The van der Waals surface area contributed by atoms with Crippen molar-refractivity contribution in [3.05, 3.63) is 57.5 Å². The van der Waals surface area contributed by atoms with Crippen LogP contribution in [0.3, 0.4) is 0 Å². The summed E-state index contributed by atoms with van der Waals surface area (Å²) in [5.41, 5.74) is 3.81. The van der Waals surface area contributed by atoms with E-state index in [4.69, 9.17) is 16.0 Å². The first kappa shape index (κ1) is 12.7. The molecule has 90 valence electrons. The first-order valence-electron chi connectivity index (χ1n) is 5.51. The molecule has 0 saturated carbocycles. The first-order valence-corrected chi connectivity index (χ1v) is 6.74. The van der Waals surface area contributed by atoms with Crippen molar-refractivity contribution in [3.8, 4) is 0 Å². The third-order valence-electron chi connectivity index (χ3n) is 2.81. The Hall–Kier alpha value is -0.730. The molecule has 1 nitrogen and oxygen atoms in total. The van der Waals surface area contributed by atoms with E-state index in [0.717, 1.165) is 16.9 Å². The largest absolute Gasteiger partial charge is 0.453 e. The average Bonchev–Trinajstić information content (AvgIpc) is 2.70. The summed E-state index contributed by atoms with van der Waals surface area (Å²) in [7, 11) is 0. The van der Waals surface area contributed by atoms with Crippen LogP contribution in [-0.4, -0.2) is 0 Å². The number of hydrogen-bond acceptors (Lipinski definition) is 1. The molecule has 0 aliphatic rings. The molecule has 0 spiro atoms. The van der Waals surface area contributed by atoms with E-state index < -0.39 is 0 Å². The van der Waals surface area contributed by atoms with Gasteiger partial charge in [-0.25, -0.2) is 0 Å². The number of rotatable bonds is 3. The minimum absolute atomic E-state index is 0.123. The molecule has 1 heterocycles. The van der Waals surface area contributed by atoms with Gasteiger partial charge in [0.1, 0.15) is 5.76 Å². The van der Waals surface area contributed by atoms with E-state index in [-0.39, 0.29) is 5.38 Å². The Labute approximate surface area is 115 Å². The van der Waals surface area contributed by atoms with Crippen LogP contribution in [0.4, 0.5) is 0 Å². The zero-order chi connectivity index (χ0) is 12.4. The number of alkyl halides is 1. The summed E-state index contributed by atoms with van der Waals surface area (Å²) in [6.45, 7) is 4.20. The van der Waals surface area contributed by atoms with Gasteiger partial charge < -0.3 is 4.42 Å². The predicted octanol–water partition coefficient (Wildman–Crippen LogP) is 5.18. The fourth-order valence-electron chi connectivity index (χ4n) is 1.81. The molecule has 1 atom stereocenters. The van der Waals surface area contributed by atoms with Crippen molar-refractivity contribution >= 4 is 27.5 Å². The molecule has 0 amide bonds. The molecular formula is C14H14BrClO. The lowest BCUT2D eigenvalue weighted by Crippen LogP contribution is -1.97. The van der Waals surface area contributed by atoms with Crippen molar-refractivity contribution in [1.82, 2.24) is 0 Å². The molecule has 0 N–H and O–H groups in total. The minimum atomic E-state index is -0.123. The second-order valence-electron chi connectivity index (χ2n) is 4.24. The maximum atomic E-state index is 6.36. The molecule has 1 aromatic carbocycles. The summed E-state index contributed by atoms with van der Waals surface area (Å²) in [5.74, 6) is 0.805. The zero-order valence-electron chi connectivity index (χ0n) is 9.84. The van der Waals surface area contributed by atoms with Gasteiger partial charge in [0.15, 0.2) is 4.67 Å². The first-order chi connectivity index (χ1) is 8.06. The Morgan fingerprint density at radius 3 is 2.65 bits per heavy atom. The molecule has 2 aromatic rings. The van der Waals surface area contributed by atoms with E-state index in [2.05, 4.69) is 48.0 Å². The quantitative estimate of drug-likeness (QED) is 0.711. The monoisotopic (exact) mass is 312 g/mol. The van der Waals surface area contributed by atoms with Gasteiger partial charge in [-0.2, -0.15) is 0 Å². The van der Waals surface area contributed by atoms with Crippen molar-refractivity contribution in [3.63, 3.8) is 0 Å². The van der Waals surface area contributed by atoms with E-state index in [1.54, 1.807) is 0 Å². The summed E-state index contributed by atoms with van der Waals surface area (Å²) in [6.07, 6.45) is 0.787. The van der Waals surface area contributed by atoms with Crippen molar-refractivity contribution in [2.24, 2.45) is 0 Å². The fourth-order valence-corrected chi connectivity index (χ4v) is 2.41. The number of furan rings is 1. The third kappa shape index (κ3) is 3.14. The van der Waals surface area contributed by atoms with Crippen molar-refractivity contribution in [1.29, 1.82) is 0 Å². The van der Waals surface area contributed by atoms with Gasteiger partial charge in [0.05, 0.1) is 5.38 Å². The predicted molar refractivity (Wildman–Crippen MR) is 74.6 cm³/mol. The molecule has 0 aliphatic carbocycles. The van der Waals surface area contributed by atoms with Gasteiger partial charge in [0.25, 0.3) is 0 Å². The number of hydrogen-bond donors (Lipinski definition) is 0. The van der Waals surface area contributed by atoms with Gasteiger partial charge in [0, 0.05) is 0 Å². The molecular weight excluding hydrogens is 300 g/mol. The molecule has 1 unspecified atom stereocenters. The van der Waals surface area contributed by atoms with E-state index in [1.807, 2.05) is 12.1 Å². The molecule has 0 fully saturated rings. The maximum Gasteiger partial charge on any atom is 0.169 e. The number of aryl methyl sites for hydroxylation is 2. The van der Waals surface area contributed by atoms with Crippen LogP contribution in [-0.2, 0) is 6.42 Å². The number of benzene rings is 1. The van der Waals surface area contributed by atoms with Gasteiger partial charge in [0.2, 0.25) is 0 Å². The normalized spacial score (nSPS) is 12.7. The van der Waals surface area contributed by atoms with Gasteiger partial charge in [-0.15, -0.1) is 11.6 Å². The fraction of sp³-hybridized carbons (Fsp3) is 0.286. The Morgan fingerprint density at radius 1 is 1.24 bits per heavy atom. The zero-order valence-corrected chi connectivity index (χ0v) is 12.2. The lowest BCUT2D eigenvalue weighted by Gasteiger charge is -2.10. The van der Waals surface area contributed by atoms with Crippen molar-refractivity contribution in [2.75, 3.05) is 0 Å². The molecule has 0 radical (unpaired) electrons. The molecule has 1 aromatic heterocycles. The van der Waals surface area contributed by atoms with Gasteiger partial charge in [-0.1, -0.05) is 23.8 Å². The standard InChI is InChI=1S/C14H14BrClO/c1-9-3-4-10(2)11(7-9)8-12(16)13-5-6-14(15)17-13/h3-7,12H,8H2,1-2H3. The summed E-state index contributed by atoms with van der Waals surface area (Å²) >= 11 is 9.65. The lowest BCUT2D eigenvalue weighted by atomic mass is 10.0. The lowest BCUT2D eigenvalue weighted by molar-refractivity contribution is 0.481. The maximum absolute atomic E-state index is 6.36. The summed E-state index contributed by atoms with van der Waals surface area (Å²) in [4.78, 5) is 0. The van der Waals surface area contributed by atoms with E-state index in [0.29, 0.717) is 0 Å². The molecule has 0 aliphatic heterocycles. The Balaban J connectivity index is 2.18. The second-order valence-corrected chi connectivity index (χ2v) is 5.55. The molecule has 0 bridgehead atoms. The van der Waals surface area contributed by atoms with Crippen LogP contribution in [0.5, 0.6) is 0 Å². The van der Waals surface area contributed by atoms with Crippen LogP contribution >= 0.6 is 27.5 Å². The van der Waals surface area contributed by atoms with Crippen LogP contribution in [0.25, 0.3) is 0 Å². The Morgan fingerprint density at radius 2 is 2.00 bits per heavy atom. The summed E-state index contributed by atoms with van der Waals surface area (Å²) < 4.78 is 6.19. The highest BCUT2D eigenvalue weighted by Crippen LogP contribution is 2.29. The van der Waals surface area contributed by atoms with Gasteiger partial charge >= 0.3 is 0 Å².